The number of hydrogen-bond acceptors (Lipinski definition) is 1. The first-order valence-corrected chi connectivity index (χ1v) is 10.0. The average Bonchev–Trinajstić information content (AvgIpc) is 2.59. The molecule has 0 unspecified atom stereocenters. The Morgan fingerprint density at radius 3 is 1.92 bits per heavy atom. The van der Waals surface area contributed by atoms with Crippen LogP contribution in [0.25, 0.3) is 0 Å². The van der Waals surface area contributed by atoms with Crippen LogP contribution in [0.1, 0.15) is 65.2 Å². The molecule has 0 bridgehead atoms. The Morgan fingerprint density at radius 1 is 0.808 bits per heavy atom. The Morgan fingerprint density at radius 2 is 1.35 bits per heavy atom. The molecule has 0 spiro atoms. The molecule has 0 N–H and O–H groups in total. The topological polar surface area (TPSA) is 9.23 Å². The average molecular weight is 374 g/mol. The maximum absolute atomic E-state index is 14.7. The molecule has 0 aromatic carbocycles. The molecule has 26 heavy (non-hydrogen) atoms. The first-order chi connectivity index (χ1) is 12.2. The van der Waals surface area contributed by atoms with Gasteiger partial charge in [0.05, 0.1) is 12.7 Å². The zero-order valence-electron chi connectivity index (χ0n) is 15.7. The van der Waals surface area contributed by atoms with Gasteiger partial charge in [-0.1, -0.05) is 38.8 Å². The van der Waals surface area contributed by atoms with Gasteiger partial charge in [0.15, 0.2) is 0 Å². The SMILES string of the molecule is CC1CCC(OCC2=CC=C(C3CCC(C)CC3)C(F)(F)C2(F)F)CC1. The number of allylic oxidation sites excluding steroid dienone is 3. The second-order valence-electron chi connectivity index (χ2n) is 8.61. The predicted molar refractivity (Wildman–Crippen MR) is 94.6 cm³/mol. The van der Waals surface area contributed by atoms with Crippen LogP contribution in [0.15, 0.2) is 23.3 Å². The molecule has 148 valence electrons. The van der Waals surface area contributed by atoms with E-state index >= 15 is 0 Å². The van der Waals surface area contributed by atoms with E-state index < -0.39 is 29.9 Å². The quantitative estimate of drug-likeness (QED) is 0.507. The summed E-state index contributed by atoms with van der Waals surface area (Å²) in [7, 11) is 0. The number of rotatable bonds is 4. The molecule has 0 aromatic rings. The molecular formula is C21H30F4O. The Kier molecular flexibility index (Phi) is 5.86. The third-order valence-electron chi connectivity index (χ3n) is 6.52. The van der Waals surface area contributed by atoms with Crippen LogP contribution in [0.4, 0.5) is 17.6 Å². The second kappa shape index (κ2) is 7.65. The number of hydrogen-bond donors (Lipinski definition) is 0. The highest BCUT2D eigenvalue weighted by atomic mass is 19.3. The Balaban J connectivity index is 1.70. The van der Waals surface area contributed by atoms with Crippen molar-refractivity contribution in [3.05, 3.63) is 23.3 Å². The van der Waals surface area contributed by atoms with E-state index in [1.807, 2.05) is 0 Å². The lowest BCUT2D eigenvalue weighted by Gasteiger charge is -2.38. The molecule has 0 atom stereocenters. The van der Waals surface area contributed by atoms with Gasteiger partial charge >= 0.3 is 11.8 Å². The van der Waals surface area contributed by atoms with Gasteiger partial charge in [-0.25, -0.2) is 0 Å². The van der Waals surface area contributed by atoms with Crippen LogP contribution in [-0.4, -0.2) is 24.6 Å². The molecule has 0 aliphatic heterocycles. The van der Waals surface area contributed by atoms with Crippen LogP contribution in [0.2, 0.25) is 0 Å². The maximum atomic E-state index is 14.7. The minimum Gasteiger partial charge on any atom is -0.374 e. The minimum absolute atomic E-state index is 0.0956. The lowest BCUT2D eigenvalue weighted by atomic mass is 9.74. The Hall–Kier alpha value is -0.840. The highest BCUT2D eigenvalue weighted by molar-refractivity contribution is 5.39. The van der Waals surface area contributed by atoms with Gasteiger partial charge in [-0.2, -0.15) is 17.6 Å². The fraction of sp³-hybridized carbons (Fsp3) is 0.810. The van der Waals surface area contributed by atoms with Crippen molar-refractivity contribution in [1.29, 1.82) is 0 Å². The van der Waals surface area contributed by atoms with Gasteiger partial charge in [0.2, 0.25) is 0 Å². The third kappa shape index (κ3) is 3.88. The van der Waals surface area contributed by atoms with Crippen molar-refractivity contribution in [2.45, 2.75) is 83.2 Å². The highest BCUT2D eigenvalue weighted by Crippen LogP contribution is 2.52. The fourth-order valence-corrected chi connectivity index (χ4v) is 4.49. The van der Waals surface area contributed by atoms with Crippen LogP contribution >= 0.6 is 0 Å². The summed E-state index contributed by atoms with van der Waals surface area (Å²) in [4.78, 5) is 0. The van der Waals surface area contributed by atoms with E-state index in [4.69, 9.17) is 4.74 Å². The van der Waals surface area contributed by atoms with E-state index in [9.17, 15) is 17.6 Å². The van der Waals surface area contributed by atoms with Crippen molar-refractivity contribution < 1.29 is 22.3 Å². The molecule has 2 saturated carbocycles. The monoisotopic (exact) mass is 374 g/mol. The van der Waals surface area contributed by atoms with Crippen molar-refractivity contribution in [3.8, 4) is 0 Å². The Bertz CT molecular complexity index is 550. The largest absolute Gasteiger partial charge is 0.374 e. The summed E-state index contributed by atoms with van der Waals surface area (Å²) in [5.41, 5.74) is -0.973. The smallest absolute Gasteiger partial charge is 0.338 e. The van der Waals surface area contributed by atoms with E-state index in [0.29, 0.717) is 24.7 Å². The van der Waals surface area contributed by atoms with Crippen LogP contribution in [0.5, 0.6) is 0 Å². The molecule has 1 nitrogen and oxygen atoms in total. The lowest BCUT2D eigenvalue weighted by Crippen LogP contribution is -2.48. The van der Waals surface area contributed by atoms with Crippen molar-refractivity contribution >= 4 is 0 Å². The normalized spacial score (nSPS) is 37.0. The van der Waals surface area contributed by atoms with E-state index in [0.717, 1.165) is 38.5 Å². The van der Waals surface area contributed by atoms with Gasteiger partial charge in [0.25, 0.3) is 0 Å². The number of halogens is 4. The number of ether oxygens (including phenoxy) is 1. The first kappa shape index (κ1) is 19.9. The summed E-state index contributed by atoms with van der Waals surface area (Å²) < 4.78 is 64.2. The molecule has 3 aliphatic rings. The highest BCUT2D eigenvalue weighted by Gasteiger charge is 2.62. The van der Waals surface area contributed by atoms with E-state index in [1.165, 1.54) is 12.2 Å². The molecule has 0 amide bonds. The summed E-state index contributed by atoms with van der Waals surface area (Å²) in [6.07, 6.45) is 8.76. The van der Waals surface area contributed by atoms with Crippen molar-refractivity contribution in [3.63, 3.8) is 0 Å². The molecule has 0 saturated heterocycles. The molecule has 5 heteroatoms. The van der Waals surface area contributed by atoms with Crippen LogP contribution in [-0.2, 0) is 4.74 Å². The van der Waals surface area contributed by atoms with Gasteiger partial charge in [0, 0.05) is 11.1 Å². The zero-order valence-corrected chi connectivity index (χ0v) is 15.7. The third-order valence-corrected chi connectivity index (χ3v) is 6.52. The van der Waals surface area contributed by atoms with Gasteiger partial charge in [-0.05, 0) is 56.3 Å². The number of alkyl halides is 4. The molecule has 3 rings (SSSR count). The van der Waals surface area contributed by atoms with Gasteiger partial charge in [-0.3, -0.25) is 0 Å². The standard InChI is InChI=1S/C21H30F4O/c1-14-3-7-16(8-4-14)19-12-9-17(20(22,23)21(19,24)25)13-26-18-10-5-15(2)6-11-18/h9,12,14-16,18H,3-8,10-11,13H2,1-2H3. The van der Waals surface area contributed by atoms with Crippen molar-refractivity contribution in [1.82, 2.24) is 0 Å². The zero-order chi connectivity index (χ0) is 18.9. The summed E-state index contributed by atoms with van der Waals surface area (Å²) >= 11 is 0. The van der Waals surface area contributed by atoms with E-state index in [2.05, 4.69) is 13.8 Å². The van der Waals surface area contributed by atoms with Gasteiger partial charge < -0.3 is 4.74 Å². The van der Waals surface area contributed by atoms with Gasteiger partial charge in [-0.15, -0.1) is 0 Å². The fourth-order valence-electron chi connectivity index (χ4n) is 4.49. The lowest BCUT2D eigenvalue weighted by molar-refractivity contribution is -0.174. The molecule has 0 aromatic heterocycles. The van der Waals surface area contributed by atoms with Crippen molar-refractivity contribution in [2.24, 2.45) is 17.8 Å². The van der Waals surface area contributed by atoms with E-state index in [1.54, 1.807) is 0 Å². The first-order valence-electron chi connectivity index (χ1n) is 10.0. The molecule has 0 heterocycles. The van der Waals surface area contributed by atoms with Crippen LogP contribution in [0, 0.1) is 17.8 Å². The summed E-state index contributed by atoms with van der Waals surface area (Å²) in [6.45, 7) is 3.83. The molecule has 0 radical (unpaired) electrons. The van der Waals surface area contributed by atoms with Crippen LogP contribution < -0.4 is 0 Å². The molecule has 2 fully saturated rings. The van der Waals surface area contributed by atoms with Crippen LogP contribution in [0.3, 0.4) is 0 Å². The minimum atomic E-state index is -4.16. The van der Waals surface area contributed by atoms with E-state index in [-0.39, 0.29) is 11.7 Å². The summed E-state index contributed by atoms with van der Waals surface area (Å²) in [5.74, 6) is -7.61. The maximum Gasteiger partial charge on any atom is 0.338 e. The predicted octanol–water partition coefficient (Wildman–Crippen LogP) is 6.55. The second-order valence-corrected chi connectivity index (χ2v) is 8.61. The Labute approximate surface area is 153 Å². The summed E-state index contributed by atoms with van der Waals surface area (Å²) in [5, 5.41) is 0. The molecular weight excluding hydrogens is 344 g/mol. The summed E-state index contributed by atoms with van der Waals surface area (Å²) in [6, 6.07) is 0. The van der Waals surface area contributed by atoms with Crippen molar-refractivity contribution in [2.75, 3.05) is 6.61 Å². The van der Waals surface area contributed by atoms with Gasteiger partial charge in [0.1, 0.15) is 0 Å². The molecule has 3 aliphatic carbocycles.